The fourth-order valence-corrected chi connectivity index (χ4v) is 21.0. The fourth-order valence-electron chi connectivity index (χ4n) is 0.823. The molecule has 0 rings (SSSR count). The zero-order valence-electron chi connectivity index (χ0n) is 7.60. The van der Waals surface area contributed by atoms with Crippen LogP contribution in [0.15, 0.2) is 0 Å². The monoisotopic (exact) mass is 210 g/mol. The van der Waals surface area contributed by atoms with Crippen LogP contribution in [0.2, 0.25) is 26.2 Å². The Labute approximate surface area is 71.4 Å². The molecule has 0 radical (unpaired) electrons. The van der Waals surface area contributed by atoms with Crippen LogP contribution in [0.3, 0.4) is 0 Å². The summed E-state index contributed by atoms with van der Waals surface area (Å²) >= 11 is 0. The van der Waals surface area contributed by atoms with E-state index in [0.29, 0.717) is 0 Å². The summed E-state index contributed by atoms with van der Waals surface area (Å²) in [4.78, 5) is 0. The average molecular weight is 211 g/mol. The van der Waals surface area contributed by atoms with Crippen molar-refractivity contribution in [3.63, 3.8) is 0 Å². The third-order valence-corrected chi connectivity index (χ3v) is 14.8. The third-order valence-electron chi connectivity index (χ3n) is 1.24. The van der Waals surface area contributed by atoms with Crippen molar-refractivity contribution >= 4 is 36.6 Å². The normalized spacial score (nSPS) is 16.8. The van der Waals surface area contributed by atoms with Crippen molar-refractivity contribution in [2.45, 2.75) is 26.2 Å². The van der Waals surface area contributed by atoms with Crippen molar-refractivity contribution in [2.75, 3.05) is 0 Å². The van der Waals surface area contributed by atoms with Gasteiger partial charge >= 0.3 is 0 Å². The number of hydrogen-bond acceptors (Lipinski definition) is 2. The van der Waals surface area contributed by atoms with Crippen LogP contribution in [0.5, 0.6) is 0 Å². The first-order valence-electron chi connectivity index (χ1n) is 3.66. The highest BCUT2D eigenvalue weighted by atomic mass is 29.3. The summed E-state index contributed by atoms with van der Waals surface area (Å²) < 4.78 is 11.2. The summed E-state index contributed by atoms with van der Waals surface area (Å²) in [7, 11) is -1.55. The molecule has 0 saturated heterocycles. The molecule has 0 fully saturated rings. The van der Waals surface area contributed by atoms with Crippen LogP contribution in [0.25, 0.3) is 0 Å². The minimum Gasteiger partial charge on any atom is -0.449 e. The molecule has 0 bridgehead atoms. The van der Waals surface area contributed by atoms with E-state index in [-0.39, 0.29) is 9.76 Å². The van der Waals surface area contributed by atoms with Gasteiger partial charge in [0.05, 0.1) is 7.59 Å². The lowest BCUT2D eigenvalue weighted by molar-refractivity contribution is 0.488. The van der Waals surface area contributed by atoms with Crippen LogP contribution in [0.1, 0.15) is 0 Å². The molecule has 0 aromatic heterocycles. The molecular formula is C4H18O2Si4. The lowest BCUT2D eigenvalue weighted by Crippen LogP contribution is -2.47. The van der Waals surface area contributed by atoms with Gasteiger partial charge in [-0.15, -0.1) is 0 Å². The van der Waals surface area contributed by atoms with Gasteiger partial charge in [-0.1, -0.05) is 26.2 Å². The van der Waals surface area contributed by atoms with Crippen LogP contribution in [-0.2, 0) is 8.23 Å². The molecule has 0 saturated carbocycles. The average Bonchev–Trinajstić information content (AvgIpc) is 1.80. The first-order chi connectivity index (χ1) is 4.52. The molecule has 0 N–H and O–H groups in total. The third kappa shape index (κ3) is 3.84. The van der Waals surface area contributed by atoms with Crippen molar-refractivity contribution in [3.8, 4) is 0 Å². The highest BCUT2D eigenvalue weighted by molar-refractivity contribution is 7.28. The summed E-state index contributed by atoms with van der Waals surface area (Å²) in [6.07, 6.45) is 0. The molecule has 0 aromatic carbocycles. The van der Waals surface area contributed by atoms with Gasteiger partial charge in [0.2, 0.25) is 0 Å². The Balaban J connectivity index is 3.81. The molecule has 0 spiro atoms. The predicted octanol–water partition coefficient (Wildman–Crippen LogP) is -0.931. The van der Waals surface area contributed by atoms with Gasteiger partial charge in [0.25, 0.3) is 8.80 Å². The molecule has 0 amide bonds. The number of rotatable bonds is 4. The van der Waals surface area contributed by atoms with E-state index in [1.165, 1.54) is 0 Å². The lowest BCUT2D eigenvalue weighted by atomic mass is 11.8. The van der Waals surface area contributed by atoms with Gasteiger partial charge in [-0.2, -0.15) is 0 Å². The Hall–Kier alpha value is 0.788. The van der Waals surface area contributed by atoms with Gasteiger partial charge in [-0.05, 0) is 0 Å². The SMILES string of the molecule is C[SiH2]O[SiH](O[SiH3])[Si](C)(C)C. The van der Waals surface area contributed by atoms with Crippen molar-refractivity contribution in [3.05, 3.63) is 0 Å². The quantitative estimate of drug-likeness (QED) is 0.558. The number of hydrogen-bond donors (Lipinski definition) is 0. The molecule has 0 aliphatic carbocycles. The maximum absolute atomic E-state index is 5.71. The summed E-state index contributed by atoms with van der Waals surface area (Å²) in [6.45, 7) is 9.20. The summed E-state index contributed by atoms with van der Waals surface area (Å²) in [5.41, 5.74) is 0. The van der Waals surface area contributed by atoms with E-state index in [4.69, 9.17) is 8.23 Å². The lowest BCUT2D eigenvalue weighted by Gasteiger charge is -2.25. The van der Waals surface area contributed by atoms with Crippen LogP contribution >= 0.6 is 0 Å². The van der Waals surface area contributed by atoms with E-state index >= 15 is 0 Å². The summed E-state index contributed by atoms with van der Waals surface area (Å²) in [6, 6.07) is 0. The highest BCUT2D eigenvalue weighted by Crippen LogP contribution is 2.06. The Morgan fingerprint density at radius 3 is 2.00 bits per heavy atom. The Morgan fingerprint density at radius 1 is 1.40 bits per heavy atom. The van der Waals surface area contributed by atoms with Gasteiger partial charge < -0.3 is 8.23 Å². The smallest absolute Gasteiger partial charge is 0.278 e. The molecule has 2 nitrogen and oxygen atoms in total. The van der Waals surface area contributed by atoms with Crippen LogP contribution in [-0.4, -0.2) is 36.6 Å². The largest absolute Gasteiger partial charge is 0.449 e. The fraction of sp³-hybridized carbons (Fsp3) is 1.00. The van der Waals surface area contributed by atoms with E-state index in [9.17, 15) is 0 Å². The molecule has 1 atom stereocenters. The van der Waals surface area contributed by atoms with Crippen molar-refractivity contribution < 1.29 is 8.23 Å². The molecule has 62 valence electrons. The van der Waals surface area contributed by atoms with Crippen molar-refractivity contribution in [2.24, 2.45) is 0 Å². The summed E-state index contributed by atoms with van der Waals surface area (Å²) in [5, 5.41) is 0. The molecular weight excluding hydrogens is 192 g/mol. The molecule has 6 heteroatoms. The van der Waals surface area contributed by atoms with Crippen molar-refractivity contribution in [1.82, 2.24) is 0 Å². The standard InChI is InChI=1S/C4H18O2Si4/c1-8-6-9(5-7)10(2,3)4/h9H,8H2,1-4,7H3. The second-order valence-corrected chi connectivity index (χ2v) is 19.2. The van der Waals surface area contributed by atoms with E-state index in [0.717, 1.165) is 10.5 Å². The molecule has 0 heterocycles. The minimum absolute atomic E-state index is 0.231. The molecule has 0 aliphatic rings. The molecule has 0 aromatic rings. The van der Waals surface area contributed by atoms with E-state index < -0.39 is 16.4 Å². The van der Waals surface area contributed by atoms with Crippen LogP contribution in [0.4, 0.5) is 0 Å². The van der Waals surface area contributed by atoms with E-state index in [1.807, 2.05) is 0 Å². The van der Waals surface area contributed by atoms with Gasteiger partial charge in [-0.3, -0.25) is 0 Å². The van der Waals surface area contributed by atoms with Gasteiger partial charge in [0, 0.05) is 0 Å². The first kappa shape index (κ1) is 10.8. The Bertz CT molecular complexity index is 91.7. The van der Waals surface area contributed by atoms with Gasteiger partial charge in [0.1, 0.15) is 20.2 Å². The van der Waals surface area contributed by atoms with E-state index in [1.54, 1.807) is 0 Å². The molecule has 10 heavy (non-hydrogen) atoms. The zero-order chi connectivity index (χ0) is 8.20. The maximum Gasteiger partial charge on any atom is 0.278 e. The van der Waals surface area contributed by atoms with Crippen molar-refractivity contribution in [1.29, 1.82) is 0 Å². The topological polar surface area (TPSA) is 18.5 Å². The zero-order valence-corrected chi connectivity index (χ0v) is 13.2. The van der Waals surface area contributed by atoms with E-state index in [2.05, 4.69) is 26.2 Å². The summed E-state index contributed by atoms with van der Waals surface area (Å²) in [5.74, 6) is 0. The first-order valence-corrected chi connectivity index (χ1v) is 12.7. The molecule has 1 unspecified atom stereocenters. The Kier molecular flexibility index (Phi) is 4.99. The van der Waals surface area contributed by atoms with Gasteiger partial charge in [-0.25, -0.2) is 0 Å². The highest BCUT2D eigenvalue weighted by Gasteiger charge is 2.29. The predicted molar refractivity (Wildman–Crippen MR) is 57.0 cm³/mol. The second-order valence-electron chi connectivity index (χ2n) is 3.39. The maximum atomic E-state index is 5.71. The Morgan fingerprint density at radius 2 is 1.90 bits per heavy atom. The van der Waals surface area contributed by atoms with Gasteiger partial charge in [0.15, 0.2) is 0 Å². The molecule has 0 aliphatic heterocycles. The van der Waals surface area contributed by atoms with Crippen LogP contribution < -0.4 is 0 Å². The minimum atomic E-state index is -1.14. The van der Waals surface area contributed by atoms with Crippen LogP contribution in [0, 0.1) is 0 Å². The second kappa shape index (κ2) is 4.62.